The molecule has 8 aromatic carbocycles. The molecule has 214 valence electrons. The fourth-order valence-corrected chi connectivity index (χ4v) is 7.60. The van der Waals surface area contributed by atoms with E-state index in [-0.39, 0.29) is 0 Å². The summed E-state index contributed by atoms with van der Waals surface area (Å²) >= 11 is 0. The van der Waals surface area contributed by atoms with Gasteiger partial charge in [0.25, 0.3) is 0 Å². The van der Waals surface area contributed by atoms with Gasteiger partial charge in [-0.1, -0.05) is 115 Å². The lowest BCUT2D eigenvalue weighted by Crippen LogP contribution is -1.94. The second-order valence-corrected chi connectivity index (χ2v) is 12.1. The quantitative estimate of drug-likeness (QED) is 0.189. The van der Waals surface area contributed by atoms with Crippen LogP contribution in [0.5, 0.6) is 0 Å². The van der Waals surface area contributed by atoms with Crippen LogP contribution in [0.2, 0.25) is 0 Å². The van der Waals surface area contributed by atoms with Crippen molar-refractivity contribution in [3.8, 4) is 27.9 Å². The first-order chi connectivity index (χ1) is 22.8. The molecular formula is C44H27NO. The van der Waals surface area contributed by atoms with E-state index in [1.807, 2.05) is 12.1 Å². The molecule has 2 heteroatoms. The normalized spacial score (nSPS) is 11.9. The summed E-state index contributed by atoms with van der Waals surface area (Å²) in [5, 5.41) is 9.75. The van der Waals surface area contributed by atoms with Crippen molar-refractivity contribution in [1.82, 2.24) is 4.57 Å². The summed E-state index contributed by atoms with van der Waals surface area (Å²) in [6, 6.07) is 59.1. The van der Waals surface area contributed by atoms with E-state index in [4.69, 9.17) is 4.42 Å². The monoisotopic (exact) mass is 585 g/mol. The molecule has 2 aromatic heterocycles. The Balaban J connectivity index is 1.42. The zero-order valence-electron chi connectivity index (χ0n) is 24.9. The largest absolute Gasteiger partial charge is 0.456 e. The lowest BCUT2D eigenvalue weighted by molar-refractivity contribution is 0.669. The predicted molar refractivity (Wildman–Crippen MR) is 194 cm³/mol. The minimum atomic E-state index is 0.910. The third kappa shape index (κ3) is 3.59. The maximum absolute atomic E-state index is 6.24. The van der Waals surface area contributed by atoms with E-state index in [2.05, 4.69) is 156 Å². The molecule has 0 fully saturated rings. The maximum atomic E-state index is 6.24. The lowest BCUT2D eigenvalue weighted by Gasteiger charge is -2.18. The Labute approximate surface area is 265 Å². The number of benzene rings is 8. The summed E-state index contributed by atoms with van der Waals surface area (Å²) in [7, 11) is 0. The van der Waals surface area contributed by atoms with Gasteiger partial charge in [0.1, 0.15) is 11.2 Å². The summed E-state index contributed by atoms with van der Waals surface area (Å²) in [5.74, 6) is 0. The van der Waals surface area contributed by atoms with Crippen LogP contribution in [0.15, 0.2) is 168 Å². The summed E-state index contributed by atoms with van der Waals surface area (Å²) in [5.41, 5.74) is 10.3. The predicted octanol–water partition coefficient (Wildman–Crippen LogP) is 12.3. The highest BCUT2D eigenvalue weighted by atomic mass is 16.3. The van der Waals surface area contributed by atoms with Crippen LogP contribution in [0.3, 0.4) is 0 Å². The van der Waals surface area contributed by atoms with Crippen LogP contribution in [0, 0.1) is 0 Å². The fraction of sp³-hybridized carbons (Fsp3) is 0. The third-order valence-electron chi connectivity index (χ3n) is 9.56. The smallest absolute Gasteiger partial charge is 0.135 e. The van der Waals surface area contributed by atoms with Gasteiger partial charge in [-0.2, -0.15) is 0 Å². The number of rotatable bonds is 3. The van der Waals surface area contributed by atoms with Crippen LogP contribution in [0.4, 0.5) is 0 Å². The van der Waals surface area contributed by atoms with E-state index in [1.54, 1.807) is 0 Å². The van der Waals surface area contributed by atoms with Crippen molar-refractivity contribution >= 4 is 65.3 Å². The Kier molecular flexibility index (Phi) is 5.31. The van der Waals surface area contributed by atoms with Gasteiger partial charge in [0, 0.05) is 27.2 Å². The van der Waals surface area contributed by atoms with E-state index >= 15 is 0 Å². The Morgan fingerprint density at radius 1 is 0.326 bits per heavy atom. The van der Waals surface area contributed by atoms with Gasteiger partial charge < -0.3 is 8.98 Å². The molecule has 0 aliphatic carbocycles. The highest BCUT2D eigenvalue weighted by Gasteiger charge is 2.21. The maximum Gasteiger partial charge on any atom is 0.135 e. The van der Waals surface area contributed by atoms with Crippen LogP contribution >= 0.6 is 0 Å². The van der Waals surface area contributed by atoms with Crippen molar-refractivity contribution < 1.29 is 4.42 Å². The van der Waals surface area contributed by atoms with Crippen molar-refractivity contribution in [1.29, 1.82) is 0 Å². The minimum absolute atomic E-state index is 0.910. The molecule has 0 amide bonds. The van der Waals surface area contributed by atoms with Crippen molar-refractivity contribution in [3.63, 3.8) is 0 Å². The summed E-state index contributed by atoms with van der Waals surface area (Å²) < 4.78 is 8.66. The molecule has 46 heavy (non-hydrogen) atoms. The van der Waals surface area contributed by atoms with Crippen molar-refractivity contribution in [2.45, 2.75) is 0 Å². The molecule has 0 unspecified atom stereocenters. The zero-order valence-corrected chi connectivity index (χ0v) is 24.9. The van der Waals surface area contributed by atoms with E-state index in [1.165, 1.54) is 65.6 Å². The van der Waals surface area contributed by atoms with Crippen LogP contribution in [0.1, 0.15) is 0 Å². The van der Waals surface area contributed by atoms with Gasteiger partial charge in [0.15, 0.2) is 0 Å². The number of aromatic nitrogens is 1. The number of furan rings is 1. The molecule has 10 aromatic rings. The van der Waals surface area contributed by atoms with Gasteiger partial charge in [-0.05, 0) is 92.3 Å². The van der Waals surface area contributed by atoms with E-state index in [9.17, 15) is 0 Å². The number of fused-ring (bicyclic) bond motifs is 8. The highest BCUT2D eigenvalue weighted by molar-refractivity contribution is 6.26. The van der Waals surface area contributed by atoms with Crippen LogP contribution in [-0.4, -0.2) is 4.57 Å². The zero-order chi connectivity index (χ0) is 30.2. The first kappa shape index (κ1) is 25.2. The topological polar surface area (TPSA) is 18.1 Å². The SMILES string of the molecule is c1ccc(-c2c3ccccc3c(-c3ccc4oc5ccccc5c4c3)c3cc4c5ccccc5n(-c5ccccc5)c4cc23)cc1. The number of hydrogen-bond donors (Lipinski definition) is 0. The molecule has 0 bridgehead atoms. The summed E-state index contributed by atoms with van der Waals surface area (Å²) in [6.07, 6.45) is 0. The first-order valence-electron chi connectivity index (χ1n) is 15.8. The van der Waals surface area contributed by atoms with Gasteiger partial charge in [-0.25, -0.2) is 0 Å². The summed E-state index contributed by atoms with van der Waals surface area (Å²) in [6.45, 7) is 0. The average molecular weight is 586 g/mol. The van der Waals surface area contributed by atoms with E-state index in [0.717, 1.165) is 27.6 Å². The van der Waals surface area contributed by atoms with Crippen molar-refractivity contribution in [3.05, 3.63) is 164 Å². The van der Waals surface area contributed by atoms with Gasteiger partial charge in [0.05, 0.1) is 11.0 Å². The Morgan fingerprint density at radius 2 is 0.913 bits per heavy atom. The molecular weight excluding hydrogens is 558 g/mol. The molecule has 2 nitrogen and oxygen atoms in total. The van der Waals surface area contributed by atoms with E-state index in [0.29, 0.717) is 0 Å². The van der Waals surface area contributed by atoms with Gasteiger partial charge >= 0.3 is 0 Å². The molecule has 0 spiro atoms. The second kappa shape index (κ2) is 9.69. The standard InChI is InChI=1S/C44H27NO/c1-3-13-28(14-4-1)43-33-19-7-8-20-34(33)44(29-23-24-42-36(25-29)32-18-10-12-22-41(32)46-42)37-26-35-31-17-9-11-21-39(31)45(40(35)27-38(37)43)30-15-5-2-6-16-30/h1-27H. The molecule has 0 aliphatic rings. The molecule has 0 radical (unpaired) electrons. The molecule has 0 atom stereocenters. The number of hydrogen-bond acceptors (Lipinski definition) is 1. The Bertz CT molecular complexity index is 2790. The summed E-state index contributed by atoms with van der Waals surface area (Å²) in [4.78, 5) is 0. The van der Waals surface area contributed by atoms with E-state index < -0.39 is 0 Å². The van der Waals surface area contributed by atoms with Crippen LogP contribution in [-0.2, 0) is 0 Å². The Morgan fingerprint density at radius 3 is 1.70 bits per heavy atom. The molecule has 2 heterocycles. The van der Waals surface area contributed by atoms with Crippen molar-refractivity contribution in [2.75, 3.05) is 0 Å². The second-order valence-electron chi connectivity index (χ2n) is 12.1. The molecule has 0 N–H and O–H groups in total. The first-order valence-corrected chi connectivity index (χ1v) is 15.8. The molecule has 10 rings (SSSR count). The third-order valence-corrected chi connectivity index (χ3v) is 9.56. The Hall–Kier alpha value is -6.12. The number of para-hydroxylation sites is 3. The average Bonchev–Trinajstić information content (AvgIpc) is 3.65. The van der Waals surface area contributed by atoms with Gasteiger partial charge in [0.2, 0.25) is 0 Å². The molecule has 0 saturated heterocycles. The van der Waals surface area contributed by atoms with Crippen LogP contribution in [0.25, 0.3) is 93.2 Å². The molecule has 0 saturated carbocycles. The van der Waals surface area contributed by atoms with Crippen molar-refractivity contribution in [2.24, 2.45) is 0 Å². The number of nitrogens with zero attached hydrogens (tertiary/aromatic N) is 1. The highest BCUT2D eigenvalue weighted by Crippen LogP contribution is 2.47. The van der Waals surface area contributed by atoms with Crippen LogP contribution < -0.4 is 0 Å². The van der Waals surface area contributed by atoms with Gasteiger partial charge in [-0.15, -0.1) is 0 Å². The minimum Gasteiger partial charge on any atom is -0.456 e. The van der Waals surface area contributed by atoms with Gasteiger partial charge in [-0.3, -0.25) is 0 Å². The fourth-order valence-electron chi connectivity index (χ4n) is 7.60. The lowest BCUT2D eigenvalue weighted by atomic mass is 9.85. The molecule has 0 aliphatic heterocycles.